The lowest BCUT2D eigenvalue weighted by molar-refractivity contribution is -0.132. The van der Waals surface area contributed by atoms with Crippen molar-refractivity contribution in [1.82, 2.24) is 15.3 Å². The first kappa shape index (κ1) is 26.1. The highest BCUT2D eigenvalue weighted by atomic mass is 35.5. The number of amides is 3. The molecule has 4 rings (SSSR count). The molecule has 1 saturated carbocycles. The average Bonchev–Trinajstić information content (AvgIpc) is 3.59. The Bertz CT molecular complexity index is 1260. The van der Waals surface area contributed by atoms with Crippen LogP contribution in [0, 0.1) is 18.7 Å². The number of fused-ring (bicyclic) bond motifs is 1. The second-order valence-electron chi connectivity index (χ2n) is 8.09. The van der Waals surface area contributed by atoms with E-state index in [-0.39, 0.29) is 29.9 Å². The zero-order valence-electron chi connectivity index (χ0n) is 18.5. The number of carbonyl (C=O) groups is 2. The van der Waals surface area contributed by atoms with Crippen LogP contribution in [-0.4, -0.2) is 34.6 Å². The van der Waals surface area contributed by atoms with Gasteiger partial charge in [0.05, 0.1) is 17.6 Å². The zero-order chi connectivity index (χ0) is 24.5. The maximum atomic E-state index is 14.2. The number of nitrogens with one attached hydrogen (secondary N) is 3. The summed E-state index contributed by atoms with van der Waals surface area (Å²) in [6.07, 6.45) is -2.26. The molecule has 3 amide bonds. The maximum Gasteiger partial charge on any atom is 0.390 e. The number of halogens is 5. The molecular formula is C23H22ClF4N5O2. The van der Waals surface area contributed by atoms with Crippen LogP contribution in [0.25, 0.3) is 22.0 Å². The Balaban J connectivity index is 0.00000342. The minimum Gasteiger partial charge on any atom is -0.338 e. The largest absolute Gasteiger partial charge is 0.390 e. The standard InChI is InChI=1S/C23H21F4N5O2.ClH/c1-12-16(8-15-11-29-20(10-18(15)30-12)32-21(33)13-2-3-13)14-4-5-17(24)19(9-14)31-22(34)28-7-6-23(25,26)27;/h4-5,8-11,13H,2-3,6-7H2,1H3,(H2,28,31,34)(H,29,32,33);1H. The number of alkyl halides is 3. The Labute approximate surface area is 204 Å². The van der Waals surface area contributed by atoms with Gasteiger partial charge in [-0.2, -0.15) is 13.2 Å². The monoisotopic (exact) mass is 511 g/mol. The summed E-state index contributed by atoms with van der Waals surface area (Å²) in [5.74, 6) is -0.343. The second kappa shape index (κ2) is 10.4. The predicted molar refractivity (Wildman–Crippen MR) is 126 cm³/mol. The summed E-state index contributed by atoms with van der Waals surface area (Å²) in [6.45, 7) is 1.14. The third-order valence-corrected chi connectivity index (χ3v) is 5.31. The van der Waals surface area contributed by atoms with Crippen LogP contribution in [0.15, 0.2) is 36.5 Å². The summed E-state index contributed by atoms with van der Waals surface area (Å²) >= 11 is 0. The van der Waals surface area contributed by atoms with Crippen molar-refractivity contribution in [3.63, 3.8) is 0 Å². The molecule has 0 aliphatic heterocycles. The molecule has 0 spiro atoms. The number of rotatable bonds is 6. The van der Waals surface area contributed by atoms with Crippen molar-refractivity contribution in [2.45, 2.75) is 32.4 Å². The van der Waals surface area contributed by atoms with E-state index in [1.165, 1.54) is 12.1 Å². The topological polar surface area (TPSA) is 96.0 Å². The fraction of sp³-hybridized carbons (Fsp3) is 0.304. The van der Waals surface area contributed by atoms with Crippen molar-refractivity contribution in [3.05, 3.63) is 48.0 Å². The summed E-state index contributed by atoms with van der Waals surface area (Å²) < 4.78 is 51.0. The van der Waals surface area contributed by atoms with E-state index in [4.69, 9.17) is 0 Å². The predicted octanol–water partition coefficient (Wildman–Crippen LogP) is 5.59. The van der Waals surface area contributed by atoms with E-state index in [9.17, 15) is 27.2 Å². The number of benzene rings is 1. The van der Waals surface area contributed by atoms with Gasteiger partial charge in [-0.25, -0.2) is 14.2 Å². The quantitative estimate of drug-likeness (QED) is 0.376. The van der Waals surface area contributed by atoms with E-state index in [0.29, 0.717) is 33.5 Å². The molecule has 2 aromatic heterocycles. The number of nitrogens with zero attached hydrogens (tertiary/aromatic N) is 2. The van der Waals surface area contributed by atoms with Crippen LogP contribution < -0.4 is 16.0 Å². The van der Waals surface area contributed by atoms with Gasteiger partial charge in [-0.15, -0.1) is 12.4 Å². The van der Waals surface area contributed by atoms with E-state index in [2.05, 4.69) is 25.9 Å². The summed E-state index contributed by atoms with van der Waals surface area (Å²) in [5.41, 5.74) is 2.25. The maximum absolute atomic E-state index is 14.2. The molecule has 0 unspecified atom stereocenters. The third-order valence-electron chi connectivity index (χ3n) is 5.31. The molecular weight excluding hydrogens is 490 g/mol. The normalized spacial score (nSPS) is 13.2. The van der Waals surface area contributed by atoms with Crippen LogP contribution in [0.1, 0.15) is 25.0 Å². The van der Waals surface area contributed by atoms with Crippen molar-refractivity contribution in [2.24, 2.45) is 5.92 Å². The van der Waals surface area contributed by atoms with Gasteiger partial charge in [-0.1, -0.05) is 6.07 Å². The molecule has 1 aliphatic carbocycles. The van der Waals surface area contributed by atoms with Crippen molar-refractivity contribution >= 4 is 46.8 Å². The molecule has 1 aliphatic rings. The molecule has 0 radical (unpaired) electrons. The summed E-state index contributed by atoms with van der Waals surface area (Å²) in [4.78, 5) is 32.7. The van der Waals surface area contributed by atoms with Gasteiger partial charge < -0.3 is 16.0 Å². The number of anilines is 2. The van der Waals surface area contributed by atoms with Crippen molar-refractivity contribution in [1.29, 1.82) is 0 Å². The van der Waals surface area contributed by atoms with E-state index in [1.807, 2.05) is 0 Å². The zero-order valence-corrected chi connectivity index (χ0v) is 19.3. The minimum atomic E-state index is -4.41. The Kier molecular flexibility index (Phi) is 7.79. The Morgan fingerprint density at radius 3 is 2.54 bits per heavy atom. The molecule has 186 valence electrons. The van der Waals surface area contributed by atoms with Gasteiger partial charge in [0.2, 0.25) is 5.91 Å². The lowest BCUT2D eigenvalue weighted by atomic mass is 10.0. The van der Waals surface area contributed by atoms with Crippen LogP contribution in [0.2, 0.25) is 0 Å². The molecule has 0 atom stereocenters. The minimum absolute atomic E-state index is 0. The van der Waals surface area contributed by atoms with Gasteiger partial charge in [-0.3, -0.25) is 9.78 Å². The Hall–Kier alpha value is -3.47. The number of urea groups is 1. The van der Waals surface area contributed by atoms with Crippen molar-refractivity contribution in [2.75, 3.05) is 17.2 Å². The Morgan fingerprint density at radius 2 is 1.86 bits per heavy atom. The van der Waals surface area contributed by atoms with Crippen molar-refractivity contribution in [3.8, 4) is 11.1 Å². The molecule has 7 nitrogen and oxygen atoms in total. The van der Waals surface area contributed by atoms with E-state index < -0.39 is 31.0 Å². The molecule has 12 heteroatoms. The first-order valence-corrected chi connectivity index (χ1v) is 10.6. The van der Waals surface area contributed by atoms with E-state index in [0.717, 1.165) is 18.9 Å². The lowest BCUT2D eigenvalue weighted by Crippen LogP contribution is -2.32. The Morgan fingerprint density at radius 1 is 1.11 bits per heavy atom. The molecule has 1 fully saturated rings. The SMILES string of the molecule is Cc1nc2cc(NC(=O)C3CC3)ncc2cc1-c1ccc(F)c(NC(=O)NCCC(F)(F)F)c1.Cl. The van der Waals surface area contributed by atoms with Gasteiger partial charge in [0.1, 0.15) is 11.6 Å². The molecule has 1 aromatic carbocycles. The highest BCUT2D eigenvalue weighted by Gasteiger charge is 2.30. The smallest absolute Gasteiger partial charge is 0.338 e. The molecule has 3 N–H and O–H groups in total. The highest BCUT2D eigenvalue weighted by molar-refractivity contribution is 5.95. The number of aromatic nitrogens is 2. The van der Waals surface area contributed by atoms with Crippen LogP contribution in [0.4, 0.5) is 33.9 Å². The highest BCUT2D eigenvalue weighted by Crippen LogP contribution is 2.32. The van der Waals surface area contributed by atoms with Crippen LogP contribution >= 0.6 is 12.4 Å². The van der Waals surface area contributed by atoms with Crippen LogP contribution in [0.3, 0.4) is 0 Å². The number of hydrogen-bond acceptors (Lipinski definition) is 4. The van der Waals surface area contributed by atoms with Gasteiger partial charge in [0, 0.05) is 41.4 Å². The van der Waals surface area contributed by atoms with Gasteiger partial charge in [-0.05, 0) is 43.5 Å². The fourth-order valence-corrected chi connectivity index (χ4v) is 3.37. The lowest BCUT2D eigenvalue weighted by Gasteiger charge is -2.13. The van der Waals surface area contributed by atoms with Gasteiger partial charge >= 0.3 is 12.2 Å². The number of pyridine rings is 2. The third kappa shape index (κ3) is 6.78. The fourth-order valence-electron chi connectivity index (χ4n) is 3.37. The first-order valence-electron chi connectivity index (χ1n) is 10.6. The number of carbonyl (C=O) groups excluding carboxylic acids is 2. The molecule has 0 saturated heterocycles. The van der Waals surface area contributed by atoms with Gasteiger partial charge in [0.25, 0.3) is 0 Å². The molecule has 2 heterocycles. The summed E-state index contributed by atoms with van der Waals surface area (Å²) in [7, 11) is 0. The van der Waals surface area contributed by atoms with Gasteiger partial charge in [0.15, 0.2) is 0 Å². The summed E-state index contributed by atoms with van der Waals surface area (Å²) in [5, 5.41) is 7.75. The van der Waals surface area contributed by atoms with E-state index >= 15 is 0 Å². The molecule has 3 aromatic rings. The summed E-state index contributed by atoms with van der Waals surface area (Å²) in [6, 6.07) is 6.58. The number of aryl methyl sites for hydroxylation is 1. The first-order chi connectivity index (χ1) is 16.1. The second-order valence-corrected chi connectivity index (χ2v) is 8.09. The molecule has 35 heavy (non-hydrogen) atoms. The average molecular weight is 512 g/mol. The van der Waals surface area contributed by atoms with E-state index in [1.54, 1.807) is 25.3 Å². The molecule has 0 bridgehead atoms. The van der Waals surface area contributed by atoms with Crippen molar-refractivity contribution < 1.29 is 27.2 Å². The van der Waals surface area contributed by atoms with Crippen LogP contribution in [0.5, 0.6) is 0 Å². The van der Waals surface area contributed by atoms with Crippen LogP contribution in [-0.2, 0) is 4.79 Å². The number of hydrogen-bond donors (Lipinski definition) is 3.